The summed E-state index contributed by atoms with van der Waals surface area (Å²) < 4.78 is 41.3. The average molecular weight is 230 g/mol. The van der Waals surface area contributed by atoms with Gasteiger partial charge in [0.2, 0.25) is 0 Å². The van der Waals surface area contributed by atoms with Crippen molar-refractivity contribution in [3.8, 4) is 11.8 Å². The molecule has 0 aliphatic rings. The molecule has 0 amide bonds. The highest BCUT2D eigenvalue weighted by Crippen LogP contribution is 2.30. The standard InChI is InChI=1S/C10H9F3N2O/c1-6(10(11,12)13)16-8-4-2-3-7(5-14)9(8)15/h2-4,6H,15H2,1H3. The third-order valence-electron chi connectivity index (χ3n) is 1.95. The molecule has 1 aromatic rings. The zero-order chi connectivity index (χ0) is 12.3. The van der Waals surface area contributed by atoms with Crippen molar-refractivity contribution in [1.29, 1.82) is 5.26 Å². The first-order valence-corrected chi connectivity index (χ1v) is 4.38. The molecule has 0 aliphatic carbocycles. The van der Waals surface area contributed by atoms with Crippen LogP contribution in [-0.4, -0.2) is 12.3 Å². The number of benzene rings is 1. The van der Waals surface area contributed by atoms with Gasteiger partial charge in [0.25, 0.3) is 0 Å². The van der Waals surface area contributed by atoms with Gasteiger partial charge in [-0.1, -0.05) is 6.07 Å². The summed E-state index contributed by atoms with van der Waals surface area (Å²) >= 11 is 0. The summed E-state index contributed by atoms with van der Waals surface area (Å²) in [6, 6.07) is 5.86. The van der Waals surface area contributed by atoms with Crippen LogP contribution in [0.25, 0.3) is 0 Å². The summed E-state index contributed by atoms with van der Waals surface area (Å²) in [7, 11) is 0. The fourth-order valence-corrected chi connectivity index (χ4v) is 1.00. The molecule has 16 heavy (non-hydrogen) atoms. The van der Waals surface area contributed by atoms with Gasteiger partial charge in [-0.25, -0.2) is 0 Å². The zero-order valence-electron chi connectivity index (χ0n) is 8.38. The third kappa shape index (κ3) is 2.57. The second-order valence-electron chi connectivity index (χ2n) is 3.13. The van der Waals surface area contributed by atoms with Gasteiger partial charge in [-0.05, 0) is 19.1 Å². The van der Waals surface area contributed by atoms with E-state index in [1.165, 1.54) is 18.2 Å². The number of rotatable bonds is 2. The Kier molecular flexibility index (Phi) is 3.28. The van der Waals surface area contributed by atoms with E-state index in [4.69, 9.17) is 11.0 Å². The van der Waals surface area contributed by atoms with Crippen molar-refractivity contribution in [1.82, 2.24) is 0 Å². The second-order valence-corrected chi connectivity index (χ2v) is 3.13. The molecular formula is C10H9F3N2O. The van der Waals surface area contributed by atoms with Crippen molar-refractivity contribution in [3.05, 3.63) is 23.8 Å². The minimum atomic E-state index is -4.46. The molecular weight excluding hydrogens is 221 g/mol. The number of hydrogen-bond donors (Lipinski definition) is 1. The molecule has 2 N–H and O–H groups in total. The van der Waals surface area contributed by atoms with Crippen molar-refractivity contribution in [2.24, 2.45) is 0 Å². The molecule has 0 spiro atoms. The summed E-state index contributed by atoms with van der Waals surface area (Å²) in [5.74, 6) is -0.135. The zero-order valence-corrected chi connectivity index (χ0v) is 8.38. The predicted molar refractivity (Wildman–Crippen MR) is 51.7 cm³/mol. The van der Waals surface area contributed by atoms with Crippen molar-refractivity contribution < 1.29 is 17.9 Å². The van der Waals surface area contributed by atoms with Gasteiger partial charge >= 0.3 is 6.18 Å². The fourth-order valence-electron chi connectivity index (χ4n) is 1.00. The lowest BCUT2D eigenvalue weighted by Gasteiger charge is -2.18. The van der Waals surface area contributed by atoms with Gasteiger partial charge in [-0.2, -0.15) is 18.4 Å². The molecule has 1 atom stereocenters. The van der Waals surface area contributed by atoms with Gasteiger partial charge < -0.3 is 10.5 Å². The van der Waals surface area contributed by atoms with Crippen LogP contribution in [0.5, 0.6) is 5.75 Å². The van der Waals surface area contributed by atoms with Crippen LogP contribution in [0.1, 0.15) is 12.5 Å². The average Bonchev–Trinajstić information content (AvgIpc) is 2.19. The van der Waals surface area contributed by atoms with Crippen LogP contribution in [0.4, 0.5) is 18.9 Å². The van der Waals surface area contributed by atoms with E-state index in [1.807, 2.05) is 0 Å². The highest BCUT2D eigenvalue weighted by Gasteiger charge is 2.38. The lowest BCUT2D eigenvalue weighted by molar-refractivity contribution is -0.189. The molecule has 0 heterocycles. The van der Waals surface area contributed by atoms with E-state index < -0.39 is 12.3 Å². The molecule has 6 heteroatoms. The smallest absolute Gasteiger partial charge is 0.425 e. The number of nitrogen functional groups attached to an aromatic ring is 1. The Balaban J connectivity index is 2.95. The van der Waals surface area contributed by atoms with E-state index in [2.05, 4.69) is 4.74 Å². The molecule has 0 aliphatic heterocycles. The summed E-state index contributed by atoms with van der Waals surface area (Å²) in [5.41, 5.74) is 5.48. The number of nitrogens with two attached hydrogens (primary N) is 1. The Morgan fingerprint density at radius 1 is 1.44 bits per heavy atom. The third-order valence-corrected chi connectivity index (χ3v) is 1.95. The maximum Gasteiger partial charge on any atom is 0.425 e. The monoisotopic (exact) mass is 230 g/mol. The number of nitrogens with zero attached hydrogens (tertiary/aromatic N) is 1. The van der Waals surface area contributed by atoms with Crippen molar-refractivity contribution >= 4 is 5.69 Å². The lowest BCUT2D eigenvalue weighted by atomic mass is 10.2. The normalized spacial score (nSPS) is 12.9. The second kappa shape index (κ2) is 4.31. The summed E-state index contributed by atoms with van der Waals surface area (Å²) in [5, 5.41) is 8.63. The molecule has 0 saturated heterocycles. The molecule has 0 bridgehead atoms. The van der Waals surface area contributed by atoms with Crippen LogP contribution >= 0.6 is 0 Å². The number of anilines is 1. The maximum absolute atomic E-state index is 12.2. The van der Waals surface area contributed by atoms with Crippen LogP contribution in [0.15, 0.2) is 18.2 Å². The first-order chi connectivity index (χ1) is 7.36. The van der Waals surface area contributed by atoms with Crippen molar-refractivity contribution in [2.45, 2.75) is 19.2 Å². The number of hydrogen-bond acceptors (Lipinski definition) is 3. The first kappa shape index (κ1) is 12.2. The Hall–Kier alpha value is -1.90. The molecule has 0 radical (unpaired) electrons. The van der Waals surface area contributed by atoms with E-state index in [-0.39, 0.29) is 17.0 Å². The topological polar surface area (TPSA) is 59.0 Å². The van der Waals surface area contributed by atoms with E-state index in [1.54, 1.807) is 6.07 Å². The van der Waals surface area contributed by atoms with Gasteiger partial charge in [0.05, 0.1) is 11.3 Å². The van der Waals surface area contributed by atoms with Crippen molar-refractivity contribution in [3.63, 3.8) is 0 Å². The first-order valence-electron chi connectivity index (χ1n) is 4.38. The molecule has 1 unspecified atom stereocenters. The van der Waals surface area contributed by atoms with Gasteiger partial charge in [-0.3, -0.25) is 0 Å². The number of alkyl halides is 3. The lowest BCUT2D eigenvalue weighted by Crippen LogP contribution is -2.31. The van der Waals surface area contributed by atoms with Gasteiger partial charge in [0.15, 0.2) is 6.10 Å². The summed E-state index contributed by atoms with van der Waals surface area (Å²) in [6.07, 6.45) is -6.43. The van der Waals surface area contributed by atoms with Gasteiger partial charge in [-0.15, -0.1) is 0 Å². The highest BCUT2D eigenvalue weighted by molar-refractivity contribution is 5.63. The fraction of sp³-hybridized carbons (Fsp3) is 0.300. The minimum Gasteiger partial charge on any atom is -0.479 e. The summed E-state index contributed by atoms with van der Waals surface area (Å²) in [6.45, 7) is 0.873. The molecule has 1 aromatic carbocycles. The van der Waals surface area contributed by atoms with Crippen LogP contribution in [0.3, 0.4) is 0 Å². The van der Waals surface area contributed by atoms with E-state index in [0.717, 1.165) is 6.92 Å². The van der Waals surface area contributed by atoms with Crippen LogP contribution in [0, 0.1) is 11.3 Å². The molecule has 0 saturated carbocycles. The maximum atomic E-state index is 12.2. The SMILES string of the molecule is CC(Oc1cccc(C#N)c1N)C(F)(F)F. The van der Waals surface area contributed by atoms with Gasteiger partial charge in [0, 0.05) is 0 Å². The van der Waals surface area contributed by atoms with E-state index in [9.17, 15) is 13.2 Å². The largest absolute Gasteiger partial charge is 0.479 e. The Morgan fingerprint density at radius 2 is 2.06 bits per heavy atom. The number of para-hydroxylation sites is 1. The highest BCUT2D eigenvalue weighted by atomic mass is 19.4. The molecule has 0 fully saturated rings. The quantitative estimate of drug-likeness (QED) is 0.794. The van der Waals surface area contributed by atoms with Gasteiger partial charge in [0.1, 0.15) is 11.8 Å². The predicted octanol–water partition coefficient (Wildman–Crippen LogP) is 2.47. The minimum absolute atomic E-state index is 0.0823. The van der Waals surface area contributed by atoms with E-state index in [0.29, 0.717) is 0 Å². The molecule has 3 nitrogen and oxygen atoms in total. The molecule has 1 rings (SSSR count). The Labute approximate surface area is 90.2 Å². The van der Waals surface area contributed by atoms with Crippen molar-refractivity contribution in [2.75, 3.05) is 5.73 Å². The molecule has 86 valence electrons. The summed E-state index contributed by atoms with van der Waals surface area (Å²) in [4.78, 5) is 0. The molecule has 0 aromatic heterocycles. The number of ether oxygens (including phenoxy) is 1. The van der Waals surface area contributed by atoms with E-state index >= 15 is 0 Å². The van der Waals surface area contributed by atoms with Crippen LogP contribution < -0.4 is 10.5 Å². The van der Waals surface area contributed by atoms with Crippen LogP contribution in [-0.2, 0) is 0 Å². The number of halogens is 3. The Morgan fingerprint density at radius 3 is 2.56 bits per heavy atom. The van der Waals surface area contributed by atoms with Crippen LogP contribution in [0.2, 0.25) is 0 Å². The Bertz CT molecular complexity index is 423. The number of nitriles is 1.